The fraction of sp³-hybridized carbons (Fsp3) is 0.0667. The Morgan fingerprint density at radius 3 is 1.17 bits per heavy atom. The van der Waals surface area contributed by atoms with Gasteiger partial charge < -0.3 is 15.1 Å². The van der Waals surface area contributed by atoms with Crippen molar-refractivity contribution < 1.29 is 0 Å². The van der Waals surface area contributed by atoms with Gasteiger partial charge in [0.15, 0.2) is 0 Å². The van der Waals surface area contributed by atoms with Crippen molar-refractivity contribution in [3.8, 4) is 0 Å². The highest BCUT2D eigenvalue weighted by Crippen LogP contribution is 2.69. The molecule has 7 aromatic rings. The first kappa shape index (κ1) is 26.1. The molecule has 7 aromatic carbocycles. The van der Waals surface area contributed by atoms with E-state index in [1.165, 1.54) is 72.9 Å². The summed E-state index contributed by atoms with van der Waals surface area (Å²) in [6.07, 6.45) is 0. The molecule has 226 valence electrons. The molecule has 1 N–H and O–H groups in total. The molecule has 0 bridgehead atoms. The van der Waals surface area contributed by atoms with Crippen molar-refractivity contribution in [3.05, 3.63) is 208 Å². The number of para-hydroxylation sites is 7. The Kier molecular flexibility index (Phi) is 4.91. The molecule has 0 unspecified atom stereocenters. The highest BCUT2D eigenvalue weighted by molar-refractivity contribution is 6.01. The van der Waals surface area contributed by atoms with Crippen LogP contribution in [0.2, 0.25) is 0 Å². The monoisotopic (exact) mass is 613 g/mol. The molecule has 0 radical (unpaired) electrons. The first-order chi connectivity index (χ1) is 23.8. The maximum atomic E-state index is 3.81. The zero-order chi connectivity index (χ0) is 31.6. The van der Waals surface area contributed by atoms with Crippen molar-refractivity contribution in [3.63, 3.8) is 0 Å². The third-order valence-corrected chi connectivity index (χ3v) is 11.4. The molecule has 48 heavy (non-hydrogen) atoms. The summed E-state index contributed by atoms with van der Waals surface area (Å²) in [5.41, 5.74) is 17.8. The molecular formula is C45H31N3. The van der Waals surface area contributed by atoms with Crippen LogP contribution in [0.5, 0.6) is 0 Å². The molecule has 0 saturated heterocycles. The normalized spacial score (nSPS) is 16.0. The quantitative estimate of drug-likeness (QED) is 0.184. The van der Waals surface area contributed by atoms with E-state index >= 15 is 0 Å². The molecule has 4 aliphatic heterocycles. The van der Waals surface area contributed by atoms with Gasteiger partial charge in [-0.2, -0.15) is 0 Å². The third-order valence-electron chi connectivity index (χ3n) is 11.4. The number of fused-ring (bicyclic) bond motifs is 16. The molecule has 0 atom stereocenters. The molecule has 4 aliphatic rings. The van der Waals surface area contributed by atoms with Gasteiger partial charge in [-0.1, -0.05) is 127 Å². The summed E-state index contributed by atoms with van der Waals surface area (Å²) >= 11 is 0. The van der Waals surface area contributed by atoms with Gasteiger partial charge in [0.25, 0.3) is 0 Å². The number of nitrogens with one attached hydrogen (secondary N) is 1. The summed E-state index contributed by atoms with van der Waals surface area (Å²) in [5, 5.41) is 3.81. The molecule has 2 spiro atoms. The first-order valence-corrected chi connectivity index (χ1v) is 16.8. The molecular weight excluding hydrogens is 583 g/mol. The fourth-order valence-corrected chi connectivity index (χ4v) is 9.75. The van der Waals surface area contributed by atoms with Gasteiger partial charge in [0.1, 0.15) is 0 Å². The molecule has 3 nitrogen and oxygen atoms in total. The molecule has 0 aromatic heterocycles. The molecule has 3 heteroatoms. The molecule has 0 amide bonds. The van der Waals surface area contributed by atoms with Crippen LogP contribution in [0.15, 0.2) is 164 Å². The standard InChI is InChI=1S/C45H31N3/c1-47-39-25-10-4-17-31(39)45(32-18-5-11-26-40(32)47)34-20-7-13-28-42(34)48-41-27-12-6-19-33(41)44(35-21-14-22-36(45)43(35)48)29-15-2-8-23-37(29)46-38-24-9-3-16-30(38)44/h2-28,46H,1H3. The second-order valence-electron chi connectivity index (χ2n) is 13.4. The van der Waals surface area contributed by atoms with E-state index in [9.17, 15) is 0 Å². The Morgan fingerprint density at radius 2 is 0.688 bits per heavy atom. The third kappa shape index (κ3) is 2.84. The number of hydrogen-bond acceptors (Lipinski definition) is 3. The van der Waals surface area contributed by atoms with E-state index in [1.807, 2.05) is 0 Å². The summed E-state index contributed by atoms with van der Waals surface area (Å²) in [4.78, 5) is 4.94. The predicted molar refractivity (Wildman–Crippen MR) is 196 cm³/mol. The highest BCUT2D eigenvalue weighted by Gasteiger charge is 2.57. The lowest BCUT2D eigenvalue weighted by Gasteiger charge is -2.55. The van der Waals surface area contributed by atoms with Gasteiger partial charge in [-0.25, -0.2) is 0 Å². The number of benzene rings is 7. The van der Waals surface area contributed by atoms with Crippen LogP contribution in [0.1, 0.15) is 44.5 Å². The van der Waals surface area contributed by atoms with E-state index in [-0.39, 0.29) is 0 Å². The highest BCUT2D eigenvalue weighted by atomic mass is 15.2. The summed E-state index contributed by atoms with van der Waals surface area (Å²) in [6, 6.07) is 61.2. The number of rotatable bonds is 0. The Labute approximate surface area is 280 Å². The zero-order valence-electron chi connectivity index (χ0n) is 26.5. The summed E-state index contributed by atoms with van der Waals surface area (Å²) in [6.45, 7) is 0. The largest absolute Gasteiger partial charge is 0.355 e. The summed E-state index contributed by atoms with van der Waals surface area (Å²) < 4.78 is 0. The van der Waals surface area contributed by atoms with Gasteiger partial charge in [0, 0.05) is 29.8 Å². The van der Waals surface area contributed by atoms with Crippen LogP contribution in [0.3, 0.4) is 0 Å². The molecule has 0 fully saturated rings. The van der Waals surface area contributed by atoms with Crippen molar-refractivity contribution in [1.82, 2.24) is 0 Å². The number of anilines is 7. The smallest absolute Gasteiger partial charge is 0.0782 e. The summed E-state index contributed by atoms with van der Waals surface area (Å²) in [7, 11) is 2.21. The van der Waals surface area contributed by atoms with E-state index < -0.39 is 10.8 Å². The Hall–Kier alpha value is -6.06. The first-order valence-electron chi connectivity index (χ1n) is 16.8. The number of nitrogens with zero attached hydrogens (tertiary/aromatic N) is 2. The van der Waals surface area contributed by atoms with Crippen LogP contribution in [-0.4, -0.2) is 7.05 Å². The lowest BCUT2D eigenvalue weighted by molar-refractivity contribution is 0.681. The summed E-state index contributed by atoms with van der Waals surface area (Å²) in [5.74, 6) is 0. The molecule has 0 saturated carbocycles. The maximum Gasteiger partial charge on any atom is 0.0782 e. The molecule has 11 rings (SSSR count). The van der Waals surface area contributed by atoms with Crippen molar-refractivity contribution >= 4 is 39.8 Å². The number of hydrogen-bond donors (Lipinski definition) is 1. The van der Waals surface area contributed by atoms with Gasteiger partial charge in [-0.05, 0) is 80.9 Å². The lowest BCUT2D eigenvalue weighted by atomic mass is 9.55. The Morgan fingerprint density at radius 1 is 0.354 bits per heavy atom. The van der Waals surface area contributed by atoms with Crippen molar-refractivity contribution in [2.24, 2.45) is 0 Å². The van der Waals surface area contributed by atoms with Crippen LogP contribution in [0.25, 0.3) is 0 Å². The minimum absolute atomic E-state index is 0.530. The Bertz CT molecular complexity index is 2400. The lowest BCUT2D eigenvalue weighted by Crippen LogP contribution is -2.46. The fourth-order valence-electron chi connectivity index (χ4n) is 9.75. The predicted octanol–water partition coefficient (Wildman–Crippen LogP) is 10.7. The topological polar surface area (TPSA) is 18.5 Å². The average molecular weight is 614 g/mol. The molecule has 4 heterocycles. The molecule has 0 aliphatic carbocycles. The van der Waals surface area contributed by atoms with E-state index in [1.54, 1.807) is 0 Å². The van der Waals surface area contributed by atoms with Gasteiger partial charge in [-0.15, -0.1) is 0 Å². The van der Waals surface area contributed by atoms with E-state index in [2.05, 4.69) is 186 Å². The Balaban J connectivity index is 1.38. The minimum Gasteiger partial charge on any atom is -0.355 e. The van der Waals surface area contributed by atoms with Crippen LogP contribution < -0.4 is 15.1 Å². The van der Waals surface area contributed by atoms with Crippen LogP contribution >= 0.6 is 0 Å². The van der Waals surface area contributed by atoms with Crippen molar-refractivity contribution in [1.29, 1.82) is 0 Å². The van der Waals surface area contributed by atoms with E-state index in [4.69, 9.17) is 0 Å². The minimum atomic E-state index is -0.533. The second kappa shape index (κ2) is 9.05. The van der Waals surface area contributed by atoms with E-state index in [0.717, 1.165) is 11.4 Å². The van der Waals surface area contributed by atoms with Crippen molar-refractivity contribution in [2.75, 3.05) is 22.2 Å². The SMILES string of the molecule is CN1c2ccccc2C2(c3ccccc31)c1ccccc1N1c3ccccc3C3(c4ccccc4Nc4ccccc43)c3cccc2c31. The van der Waals surface area contributed by atoms with Crippen LogP contribution in [-0.2, 0) is 10.8 Å². The zero-order valence-corrected chi connectivity index (χ0v) is 26.5. The van der Waals surface area contributed by atoms with Crippen LogP contribution in [0.4, 0.5) is 39.8 Å². The van der Waals surface area contributed by atoms with Crippen LogP contribution in [0, 0.1) is 0 Å². The van der Waals surface area contributed by atoms with Gasteiger partial charge in [0.2, 0.25) is 0 Å². The van der Waals surface area contributed by atoms with Gasteiger partial charge >= 0.3 is 0 Å². The van der Waals surface area contributed by atoms with Gasteiger partial charge in [-0.3, -0.25) is 0 Å². The van der Waals surface area contributed by atoms with E-state index in [0.29, 0.717) is 0 Å². The second-order valence-corrected chi connectivity index (χ2v) is 13.4. The average Bonchev–Trinajstić information content (AvgIpc) is 3.15. The maximum absolute atomic E-state index is 3.81. The van der Waals surface area contributed by atoms with Crippen molar-refractivity contribution in [2.45, 2.75) is 10.8 Å². The van der Waals surface area contributed by atoms with Gasteiger partial charge in [0.05, 0.1) is 27.9 Å².